The minimum absolute atomic E-state index is 0. The normalized spacial score (nSPS) is 11.9. The topological polar surface area (TPSA) is 57.5 Å². The number of hydrogen-bond acceptors (Lipinski definition) is 2. The fourth-order valence-electron chi connectivity index (χ4n) is 1.80. The Morgan fingerprint density at radius 3 is 1.79 bits per heavy atom. The van der Waals surface area contributed by atoms with Gasteiger partial charge in [-0.15, -0.1) is 0 Å². The minimum atomic E-state index is -1.09. The average Bonchev–Trinajstić information content (AvgIpc) is 2.13. The molecule has 0 unspecified atom stereocenters. The molecule has 0 saturated heterocycles. The van der Waals surface area contributed by atoms with Crippen molar-refractivity contribution in [1.82, 2.24) is 0 Å². The molecule has 0 spiro atoms. The first-order valence-corrected chi connectivity index (χ1v) is 6.06. The third-order valence-corrected chi connectivity index (χ3v) is 3.01. The molecule has 4 heteroatoms. The first-order chi connectivity index (χ1) is 7.94. The number of hydrogen-bond donors (Lipinski definition) is 2. The average molecular weight is 314 g/mol. The Morgan fingerprint density at radius 1 is 1.00 bits per heavy atom. The van der Waals surface area contributed by atoms with E-state index in [9.17, 15) is 15.0 Å². The third kappa shape index (κ3) is 3.99. The van der Waals surface area contributed by atoms with E-state index in [4.69, 9.17) is 0 Å². The number of phenols is 1. The number of benzene rings is 1. The molecule has 0 aliphatic carbocycles. The maximum Gasteiger partial charge on any atom is 0.339 e. The molecular weight excluding hydrogens is 292 g/mol. The fourth-order valence-corrected chi connectivity index (χ4v) is 1.80. The molecule has 0 aliphatic rings. The van der Waals surface area contributed by atoms with Crippen LogP contribution in [0, 0.1) is 0 Å². The van der Waals surface area contributed by atoms with Crippen LogP contribution in [0.2, 0.25) is 0 Å². The van der Waals surface area contributed by atoms with Crippen molar-refractivity contribution in [2.75, 3.05) is 0 Å². The molecule has 0 heterocycles. The van der Waals surface area contributed by atoms with E-state index in [0.29, 0.717) is 5.56 Å². The van der Waals surface area contributed by atoms with Gasteiger partial charge in [0.15, 0.2) is 0 Å². The third-order valence-electron chi connectivity index (χ3n) is 3.01. The maximum absolute atomic E-state index is 11.2. The van der Waals surface area contributed by atoms with Crippen molar-refractivity contribution < 1.29 is 32.1 Å². The second-order valence-electron chi connectivity index (χ2n) is 6.73. The van der Waals surface area contributed by atoms with Crippen LogP contribution in [-0.4, -0.2) is 16.2 Å². The summed E-state index contributed by atoms with van der Waals surface area (Å²) in [7, 11) is 0. The molecule has 1 aromatic rings. The molecule has 2 N–H and O–H groups in total. The molecule has 1 aromatic carbocycles. The molecule has 0 amide bonds. The van der Waals surface area contributed by atoms with E-state index in [1.54, 1.807) is 6.07 Å². The minimum Gasteiger partial charge on any atom is -0.507 e. The summed E-state index contributed by atoms with van der Waals surface area (Å²) in [5.74, 6) is -1.22. The van der Waals surface area contributed by atoms with Gasteiger partial charge in [-0.05, 0) is 22.5 Å². The maximum atomic E-state index is 11.2. The second kappa shape index (κ2) is 5.56. The molecule has 1 rings (SSSR count). The fraction of sp³-hybridized carbons (Fsp3) is 0.533. The number of carbonyl (C=O) groups is 1. The van der Waals surface area contributed by atoms with E-state index in [-0.39, 0.29) is 39.2 Å². The van der Waals surface area contributed by atoms with Crippen molar-refractivity contribution >= 4 is 5.97 Å². The summed E-state index contributed by atoms with van der Waals surface area (Å²) in [6.45, 7) is 12.0. The molecule has 0 aliphatic heterocycles. The van der Waals surface area contributed by atoms with Gasteiger partial charge in [-0.1, -0.05) is 47.6 Å². The Balaban J connectivity index is 0.00000324. The largest absolute Gasteiger partial charge is 0.507 e. The van der Waals surface area contributed by atoms with E-state index in [2.05, 4.69) is 0 Å². The van der Waals surface area contributed by atoms with Gasteiger partial charge in [-0.2, -0.15) is 0 Å². The number of rotatable bonds is 1. The van der Waals surface area contributed by atoms with Gasteiger partial charge in [0, 0.05) is 22.6 Å². The SMILES string of the molecule is CC(C)(C)c1cc(C(=O)O)c(O)c(C(C)(C)C)c1.[Cu]. The summed E-state index contributed by atoms with van der Waals surface area (Å²) in [6.07, 6.45) is 0. The molecule has 111 valence electrons. The van der Waals surface area contributed by atoms with Gasteiger partial charge in [-0.3, -0.25) is 0 Å². The van der Waals surface area contributed by atoms with Gasteiger partial charge in [0.2, 0.25) is 0 Å². The quantitative estimate of drug-likeness (QED) is 0.778. The van der Waals surface area contributed by atoms with Crippen LogP contribution in [0.1, 0.15) is 63.0 Å². The first kappa shape index (κ1) is 18.0. The smallest absolute Gasteiger partial charge is 0.339 e. The zero-order valence-corrected chi connectivity index (χ0v) is 13.2. The van der Waals surface area contributed by atoms with Crippen molar-refractivity contribution in [3.8, 4) is 5.75 Å². The monoisotopic (exact) mass is 313 g/mol. The Bertz CT molecular complexity index is 479. The first-order valence-electron chi connectivity index (χ1n) is 6.06. The van der Waals surface area contributed by atoms with Crippen LogP contribution in [0.3, 0.4) is 0 Å². The number of carboxylic acids is 1. The van der Waals surface area contributed by atoms with E-state index in [1.165, 1.54) is 0 Å². The van der Waals surface area contributed by atoms with Gasteiger partial charge in [0.25, 0.3) is 0 Å². The molecule has 0 atom stereocenters. The van der Waals surface area contributed by atoms with E-state index < -0.39 is 5.97 Å². The van der Waals surface area contributed by atoms with Crippen LogP contribution in [0.5, 0.6) is 5.75 Å². The number of aromatic carboxylic acids is 1. The van der Waals surface area contributed by atoms with Crippen molar-refractivity contribution in [2.45, 2.75) is 52.4 Å². The van der Waals surface area contributed by atoms with Crippen molar-refractivity contribution in [1.29, 1.82) is 0 Å². The van der Waals surface area contributed by atoms with E-state index in [0.717, 1.165) is 5.56 Å². The van der Waals surface area contributed by atoms with Crippen LogP contribution in [0.15, 0.2) is 12.1 Å². The summed E-state index contributed by atoms with van der Waals surface area (Å²) in [4.78, 5) is 11.2. The Hall–Kier alpha value is -0.991. The number of aromatic hydroxyl groups is 1. The van der Waals surface area contributed by atoms with Crippen molar-refractivity contribution in [3.63, 3.8) is 0 Å². The van der Waals surface area contributed by atoms with Crippen LogP contribution in [-0.2, 0) is 27.9 Å². The predicted molar refractivity (Wildman–Crippen MR) is 72.5 cm³/mol. The van der Waals surface area contributed by atoms with Crippen LogP contribution in [0.4, 0.5) is 0 Å². The summed E-state index contributed by atoms with van der Waals surface area (Å²) in [5, 5.41) is 19.3. The zero-order chi connectivity index (χ0) is 14.3. The summed E-state index contributed by atoms with van der Waals surface area (Å²) >= 11 is 0. The van der Waals surface area contributed by atoms with Crippen molar-refractivity contribution in [3.05, 3.63) is 28.8 Å². The molecule has 19 heavy (non-hydrogen) atoms. The van der Waals surface area contributed by atoms with Crippen molar-refractivity contribution in [2.24, 2.45) is 0 Å². The molecular formula is C15H22CuO3. The second-order valence-corrected chi connectivity index (χ2v) is 6.73. The summed E-state index contributed by atoms with van der Waals surface area (Å²) in [5.41, 5.74) is 1.12. The van der Waals surface area contributed by atoms with Crippen LogP contribution in [0.25, 0.3) is 0 Å². The summed E-state index contributed by atoms with van der Waals surface area (Å²) in [6, 6.07) is 3.47. The van der Waals surface area contributed by atoms with Crippen LogP contribution < -0.4 is 0 Å². The van der Waals surface area contributed by atoms with Gasteiger partial charge < -0.3 is 10.2 Å². The molecule has 0 saturated carbocycles. The van der Waals surface area contributed by atoms with Gasteiger partial charge >= 0.3 is 5.97 Å². The van der Waals surface area contributed by atoms with E-state index >= 15 is 0 Å². The van der Waals surface area contributed by atoms with Gasteiger partial charge in [0.05, 0.1) is 0 Å². The molecule has 1 radical (unpaired) electrons. The Kier molecular flexibility index (Phi) is 5.27. The molecule has 3 nitrogen and oxygen atoms in total. The standard InChI is InChI=1S/C15H22O3.Cu/c1-14(2,3)9-7-10(13(17)18)12(16)11(8-9)15(4,5)6;/h7-8,16H,1-6H3,(H,17,18);. The van der Waals surface area contributed by atoms with Gasteiger partial charge in [-0.25, -0.2) is 4.79 Å². The van der Waals surface area contributed by atoms with E-state index in [1.807, 2.05) is 47.6 Å². The number of carboxylic acid groups (broad SMARTS) is 1. The Labute approximate surface area is 125 Å². The molecule has 0 aromatic heterocycles. The zero-order valence-electron chi connectivity index (χ0n) is 12.3. The Morgan fingerprint density at radius 2 is 1.47 bits per heavy atom. The molecule has 0 bridgehead atoms. The van der Waals surface area contributed by atoms with Gasteiger partial charge in [0.1, 0.15) is 11.3 Å². The van der Waals surface area contributed by atoms with Crippen LogP contribution >= 0.6 is 0 Å². The summed E-state index contributed by atoms with van der Waals surface area (Å²) < 4.78 is 0. The predicted octanol–water partition coefficient (Wildman–Crippen LogP) is 3.68. The molecule has 0 fully saturated rings.